The van der Waals surface area contributed by atoms with Crippen LogP contribution in [0.1, 0.15) is 50.5 Å². The van der Waals surface area contributed by atoms with Crippen LogP contribution in [0.5, 0.6) is 11.5 Å². The fourth-order valence-electron chi connectivity index (χ4n) is 4.65. The Kier molecular flexibility index (Phi) is 7.28. The van der Waals surface area contributed by atoms with Crippen molar-refractivity contribution in [3.05, 3.63) is 23.8 Å². The highest BCUT2D eigenvalue weighted by atomic mass is 16.7. The fourth-order valence-corrected chi connectivity index (χ4v) is 4.65. The smallest absolute Gasteiger partial charge is 0.231 e. The Morgan fingerprint density at radius 1 is 1.10 bits per heavy atom. The minimum Gasteiger partial charge on any atom is -0.454 e. The van der Waals surface area contributed by atoms with Crippen molar-refractivity contribution < 1.29 is 19.0 Å². The molecule has 0 radical (unpaired) electrons. The predicted molar refractivity (Wildman–Crippen MR) is 111 cm³/mol. The van der Waals surface area contributed by atoms with Crippen LogP contribution in [0.25, 0.3) is 0 Å². The van der Waals surface area contributed by atoms with Crippen LogP contribution in [-0.2, 0) is 16.1 Å². The number of benzene rings is 1. The molecule has 2 fully saturated rings. The van der Waals surface area contributed by atoms with Crippen molar-refractivity contribution in [3.8, 4) is 11.5 Å². The Bertz CT molecular complexity index is 669. The Labute approximate surface area is 174 Å². The van der Waals surface area contributed by atoms with E-state index in [0.29, 0.717) is 13.0 Å². The molecule has 0 aromatic heterocycles. The third-order valence-corrected chi connectivity index (χ3v) is 6.41. The number of amides is 1. The molecule has 2 aliphatic heterocycles. The molecule has 6 nitrogen and oxygen atoms in total. The van der Waals surface area contributed by atoms with E-state index in [0.717, 1.165) is 75.2 Å². The Morgan fingerprint density at radius 3 is 2.72 bits per heavy atom. The number of carbonyl (C=O) groups excluding carboxylic acids is 1. The molecule has 0 atom stereocenters. The van der Waals surface area contributed by atoms with Gasteiger partial charge in [-0.1, -0.05) is 31.7 Å². The lowest BCUT2D eigenvalue weighted by molar-refractivity contribution is -0.132. The van der Waals surface area contributed by atoms with E-state index in [1.54, 1.807) is 0 Å². The highest BCUT2D eigenvalue weighted by Crippen LogP contribution is 2.33. The monoisotopic (exact) mass is 402 g/mol. The molecule has 0 bridgehead atoms. The molecule has 1 aromatic rings. The van der Waals surface area contributed by atoms with Gasteiger partial charge in [-0.15, -0.1) is 0 Å². The van der Waals surface area contributed by atoms with Crippen LogP contribution < -0.4 is 9.47 Å². The molecule has 4 rings (SSSR count). The molecule has 2 heterocycles. The first-order valence-electron chi connectivity index (χ1n) is 11.2. The van der Waals surface area contributed by atoms with Gasteiger partial charge in [0.2, 0.25) is 12.7 Å². The summed E-state index contributed by atoms with van der Waals surface area (Å²) in [5.41, 5.74) is 1.11. The third-order valence-electron chi connectivity index (χ3n) is 6.41. The van der Waals surface area contributed by atoms with Gasteiger partial charge in [-0.05, 0) is 36.5 Å². The number of nitrogens with zero attached hydrogens (tertiary/aromatic N) is 2. The van der Waals surface area contributed by atoms with Crippen molar-refractivity contribution in [2.24, 2.45) is 5.92 Å². The quantitative estimate of drug-likeness (QED) is 0.633. The van der Waals surface area contributed by atoms with Crippen molar-refractivity contribution in [1.82, 2.24) is 9.80 Å². The molecule has 1 saturated carbocycles. The first kappa shape index (κ1) is 20.5. The summed E-state index contributed by atoms with van der Waals surface area (Å²) in [6.07, 6.45) is 7.98. The zero-order valence-corrected chi connectivity index (χ0v) is 17.4. The van der Waals surface area contributed by atoms with E-state index in [4.69, 9.17) is 14.2 Å². The van der Waals surface area contributed by atoms with Crippen LogP contribution >= 0.6 is 0 Å². The minimum absolute atomic E-state index is 0.280. The van der Waals surface area contributed by atoms with Gasteiger partial charge in [-0.2, -0.15) is 0 Å². The maximum absolute atomic E-state index is 13.1. The van der Waals surface area contributed by atoms with E-state index in [2.05, 4.69) is 4.90 Å². The summed E-state index contributed by atoms with van der Waals surface area (Å²) in [5.74, 6) is 2.62. The summed E-state index contributed by atoms with van der Waals surface area (Å²) in [7, 11) is 0. The molecule has 160 valence electrons. The van der Waals surface area contributed by atoms with Gasteiger partial charge in [0.15, 0.2) is 11.5 Å². The van der Waals surface area contributed by atoms with Crippen molar-refractivity contribution in [2.45, 2.75) is 51.5 Å². The molecular formula is C23H34N2O4. The second kappa shape index (κ2) is 10.3. The van der Waals surface area contributed by atoms with Crippen LogP contribution in [0.4, 0.5) is 0 Å². The molecule has 0 unspecified atom stereocenters. The highest BCUT2D eigenvalue weighted by Gasteiger charge is 2.21. The second-order valence-electron chi connectivity index (χ2n) is 8.50. The number of rotatable bonds is 9. The van der Waals surface area contributed by atoms with Crippen molar-refractivity contribution in [3.63, 3.8) is 0 Å². The lowest BCUT2D eigenvalue weighted by atomic mass is 10.0. The largest absolute Gasteiger partial charge is 0.454 e. The van der Waals surface area contributed by atoms with E-state index in [1.165, 1.54) is 25.7 Å². The van der Waals surface area contributed by atoms with E-state index in [9.17, 15) is 4.79 Å². The number of ether oxygens (including phenoxy) is 3. The highest BCUT2D eigenvalue weighted by molar-refractivity contribution is 5.76. The van der Waals surface area contributed by atoms with Gasteiger partial charge in [0.25, 0.3) is 0 Å². The van der Waals surface area contributed by atoms with Gasteiger partial charge < -0.3 is 19.1 Å². The molecule has 3 aliphatic rings. The van der Waals surface area contributed by atoms with Gasteiger partial charge in [-0.3, -0.25) is 9.69 Å². The average molecular weight is 403 g/mol. The van der Waals surface area contributed by atoms with Crippen molar-refractivity contribution in [1.29, 1.82) is 0 Å². The molecule has 1 aliphatic carbocycles. The molecule has 1 saturated heterocycles. The maximum Gasteiger partial charge on any atom is 0.231 e. The Morgan fingerprint density at radius 2 is 1.90 bits per heavy atom. The zero-order valence-electron chi connectivity index (χ0n) is 17.4. The number of hydrogen-bond donors (Lipinski definition) is 0. The van der Waals surface area contributed by atoms with E-state index in [1.807, 2.05) is 23.1 Å². The molecular weight excluding hydrogens is 368 g/mol. The normalized spacial score (nSPS) is 19.6. The lowest BCUT2D eigenvalue weighted by Gasteiger charge is -2.28. The van der Waals surface area contributed by atoms with Crippen LogP contribution in [-0.4, -0.2) is 61.9 Å². The summed E-state index contributed by atoms with van der Waals surface area (Å²) in [6, 6.07) is 6.01. The Hall–Kier alpha value is -1.79. The van der Waals surface area contributed by atoms with E-state index < -0.39 is 0 Å². The molecule has 0 N–H and O–H groups in total. The van der Waals surface area contributed by atoms with E-state index >= 15 is 0 Å². The summed E-state index contributed by atoms with van der Waals surface area (Å²) >= 11 is 0. The minimum atomic E-state index is 0.280. The zero-order chi connectivity index (χ0) is 19.9. The van der Waals surface area contributed by atoms with Crippen LogP contribution in [0.15, 0.2) is 18.2 Å². The second-order valence-corrected chi connectivity index (χ2v) is 8.50. The van der Waals surface area contributed by atoms with Crippen LogP contribution in [0, 0.1) is 5.92 Å². The van der Waals surface area contributed by atoms with Crippen molar-refractivity contribution in [2.75, 3.05) is 46.2 Å². The van der Waals surface area contributed by atoms with Gasteiger partial charge in [0, 0.05) is 39.1 Å². The van der Waals surface area contributed by atoms with E-state index in [-0.39, 0.29) is 12.7 Å². The van der Waals surface area contributed by atoms with Gasteiger partial charge in [0.05, 0.1) is 13.2 Å². The molecule has 1 amide bonds. The van der Waals surface area contributed by atoms with Gasteiger partial charge >= 0.3 is 0 Å². The summed E-state index contributed by atoms with van der Waals surface area (Å²) < 4.78 is 16.4. The molecule has 0 spiro atoms. The third kappa shape index (κ3) is 5.86. The fraction of sp³-hybridized carbons (Fsp3) is 0.696. The van der Waals surface area contributed by atoms with Crippen LogP contribution in [0.3, 0.4) is 0 Å². The Balaban J connectivity index is 1.33. The van der Waals surface area contributed by atoms with Gasteiger partial charge in [-0.25, -0.2) is 0 Å². The number of hydrogen-bond acceptors (Lipinski definition) is 5. The van der Waals surface area contributed by atoms with Crippen molar-refractivity contribution >= 4 is 5.91 Å². The SMILES string of the molecule is O=C(CCC1CCCC1)N(CCCN1CCOCC1)Cc1ccc2c(c1)OCO2. The maximum atomic E-state index is 13.1. The number of fused-ring (bicyclic) bond motifs is 1. The first-order chi connectivity index (χ1) is 14.3. The lowest BCUT2D eigenvalue weighted by Crippen LogP contribution is -2.39. The first-order valence-corrected chi connectivity index (χ1v) is 11.2. The molecule has 6 heteroatoms. The molecule has 1 aromatic carbocycles. The summed E-state index contributed by atoms with van der Waals surface area (Å²) in [4.78, 5) is 17.5. The predicted octanol–water partition coefficient (Wildman–Crippen LogP) is 3.44. The topological polar surface area (TPSA) is 51.2 Å². The standard InChI is InChI=1S/C23H34N2O4/c26-23(9-7-19-4-1-2-5-19)25(11-3-10-24-12-14-27-15-13-24)17-20-6-8-21-22(16-20)29-18-28-21/h6,8,16,19H,1-5,7,9-15,17-18H2. The summed E-state index contributed by atoms with van der Waals surface area (Å²) in [6.45, 7) is 6.38. The summed E-state index contributed by atoms with van der Waals surface area (Å²) in [5, 5.41) is 0. The number of carbonyl (C=O) groups is 1. The van der Waals surface area contributed by atoms with Crippen LogP contribution in [0.2, 0.25) is 0 Å². The van der Waals surface area contributed by atoms with Gasteiger partial charge in [0.1, 0.15) is 0 Å². The molecule has 29 heavy (non-hydrogen) atoms. The number of morpholine rings is 1. The average Bonchev–Trinajstić information content (AvgIpc) is 3.43.